The second kappa shape index (κ2) is 4.32. The Bertz CT molecular complexity index is 90.3. The van der Waals surface area contributed by atoms with Gasteiger partial charge in [-0.2, -0.15) is 0 Å². The van der Waals surface area contributed by atoms with Gasteiger partial charge in [0.05, 0.1) is 6.61 Å². The second-order valence-corrected chi connectivity index (χ2v) is 2.12. The first-order valence-electron chi connectivity index (χ1n) is 2.84. The summed E-state index contributed by atoms with van der Waals surface area (Å²) in [7, 11) is 0. The molecule has 0 aromatic rings. The predicted octanol–water partition coefficient (Wildman–Crippen LogP) is 1.02. The summed E-state index contributed by atoms with van der Waals surface area (Å²) in [5, 5.41) is 16.4. The number of hydrogen-bond acceptors (Lipinski definition) is 2. The summed E-state index contributed by atoms with van der Waals surface area (Å²) in [6.07, 6.45) is 0.573. The number of carbonyl (C=O) groups is 1. The Balaban J connectivity index is 3.26. The first-order chi connectivity index (χ1) is 4.16. The normalized spacial score (nSPS) is 13.1. The maximum Gasteiger partial charge on any atom is 0.303 e. The molecule has 0 heterocycles. The van der Waals surface area contributed by atoms with Gasteiger partial charge in [-0.3, -0.25) is 4.79 Å². The predicted molar refractivity (Wildman–Crippen MR) is 32.3 cm³/mol. The monoisotopic (exact) mass is 131 g/mol. The highest BCUT2D eigenvalue weighted by atomic mass is 16.4. The molecule has 0 bridgehead atoms. The van der Waals surface area contributed by atoms with Gasteiger partial charge in [0.2, 0.25) is 0 Å². The molecule has 0 aliphatic carbocycles. The molecule has 0 aromatic carbocycles. The smallest absolute Gasteiger partial charge is 0.303 e. The molecule has 0 amide bonds. The van der Waals surface area contributed by atoms with Crippen molar-refractivity contribution in [2.45, 2.75) is 19.8 Å². The number of aliphatic carboxylic acids is 1. The molecule has 1 atom stereocenters. The summed E-state index contributed by atoms with van der Waals surface area (Å²) in [6, 6.07) is 0. The molecule has 0 saturated heterocycles. The molecule has 3 heteroatoms. The van der Waals surface area contributed by atoms with Crippen LogP contribution in [0.2, 0.25) is 0 Å². The number of carboxylic acid groups (broad SMARTS) is 1. The quantitative estimate of drug-likeness (QED) is 0.598. The van der Waals surface area contributed by atoms with Crippen molar-refractivity contribution in [3.63, 3.8) is 0 Å². The number of hydrogen-bond donors (Lipinski definition) is 2. The van der Waals surface area contributed by atoms with Crippen molar-refractivity contribution in [1.29, 1.82) is 0 Å². The van der Waals surface area contributed by atoms with Gasteiger partial charge < -0.3 is 10.2 Å². The van der Waals surface area contributed by atoms with E-state index in [-0.39, 0.29) is 12.3 Å². The van der Waals surface area contributed by atoms with Crippen LogP contribution in [0.15, 0.2) is 0 Å². The van der Waals surface area contributed by atoms with E-state index < -0.39 is 5.97 Å². The fraction of sp³-hybridized carbons (Fsp3) is 0.667. The minimum Gasteiger partial charge on any atom is -0.481 e. The first kappa shape index (κ1) is 8.43. The Morgan fingerprint density at radius 3 is 2.67 bits per heavy atom. The van der Waals surface area contributed by atoms with Crippen molar-refractivity contribution in [3.05, 3.63) is 6.61 Å². The summed E-state index contributed by atoms with van der Waals surface area (Å²) in [5.41, 5.74) is 0. The molecule has 3 nitrogen and oxygen atoms in total. The first-order valence-corrected chi connectivity index (χ1v) is 2.84. The van der Waals surface area contributed by atoms with Crippen molar-refractivity contribution >= 4 is 5.97 Å². The van der Waals surface area contributed by atoms with Gasteiger partial charge in [0.1, 0.15) is 0 Å². The maximum absolute atomic E-state index is 9.99. The largest absolute Gasteiger partial charge is 0.481 e. The fourth-order valence-corrected chi connectivity index (χ4v) is 0.561. The Hall–Kier alpha value is -0.570. The Morgan fingerprint density at radius 2 is 2.33 bits per heavy atom. The van der Waals surface area contributed by atoms with Crippen molar-refractivity contribution in [2.75, 3.05) is 0 Å². The second-order valence-electron chi connectivity index (χ2n) is 2.12. The zero-order valence-corrected chi connectivity index (χ0v) is 5.37. The molecule has 0 fully saturated rings. The molecular formula is C6H11O3. The average molecular weight is 131 g/mol. The number of carboxylic acids is 1. The van der Waals surface area contributed by atoms with E-state index in [0.717, 1.165) is 6.61 Å². The van der Waals surface area contributed by atoms with Crippen LogP contribution in [0.1, 0.15) is 19.8 Å². The number of aliphatic hydroxyl groups excluding tert-OH is 1. The highest BCUT2D eigenvalue weighted by Gasteiger charge is 2.05. The molecule has 1 radical (unpaired) electrons. The van der Waals surface area contributed by atoms with E-state index >= 15 is 0 Å². The van der Waals surface area contributed by atoms with Crippen molar-refractivity contribution < 1.29 is 15.0 Å². The van der Waals surface area contributed by atoms with Crippen LogP contribution in [0, 0.1) is 12.5 Å². The van der Waals surface area contributed by atoms with Crippen LogP contribution < -0.4 is 0 Å². The Morgan fingerprint density at radius 1 is 1.78 bits per heavy atom. The summed E-state index contributed by atoms with van der Waals surface area (Å²) < 4.78 is 0. The van der Waals surface area contributed by atoms with E-state index in [1.54, 1.807) is 6.92 Å². The summed E-state index contributed by atoms with van der Waals surface area (Å²) in [6.45, 7) is 2.77. The summed E-state index contributed by atoms with van der Waals surface area (Å²) in [4.78, 5) is 9.99. The molecule has 0 aliphatic rings. The van der Waals surface area contributed by atoms with Crippen LogP contribution in [0.5, 0.6) is 0 Å². The topological polar surface area (TPSA) is 57.5 Å². The Labute approximate surface area is 54.3 Å². The molecular weight excluding hydrogens is 120 g/mol. The highest BCUT2D eigenvalue weighted by Crippen LogP contribution is 2.07. The average Bonchev–Trinajstić information content (AvgIpc) is 1.63. The lowest BCUT2D eigenvalue weighted by Crippen LogP contribution is -2.03. The van der Waals surface area contributed by atoms with Crippen LogP contribution in [0.25, 0.3) is 0 Å². The van der Waals surface area contributed by atoms with E-state index in [4.69, 9.17) is 10.2 Å². The van der Waals surface area contributed by atoms with Gasteiger partial charge in [-0.05, 0) is 12.3 Å². The summed E-state index contributed by atoms with van der Waals surface area (Å²) >= 11 is 0. The van der Waals surface area contributed by atoms with Crippen molar-refractivity contribution in [2.24, 2.45) is 5.92 Å². The van der Waals surface area contributed by atoms with E-state index in [2.05, 4.69) is 0 Å². The number of aliphatic hydroxyl groups is 1. The van der Waals surface area contributed by atoms with Gasteiger partial charge in [0.15, 0.2) is 0 Å². The van der Waals surface area contributed by atoms with Crippen LogP contribution in [0.4, 0.5) is 0 Å². The van der Waals surface area contributed by atoms with Crippen LogP contribution >= 0.6 is 0 Å². The van der Waals surface area contributed by atoms with Gasteiger partial charge >= 0.3 is 5.97 Å². The molecule has 0 saturated carbocycles. The third-order valence-electron chi connectivity index (χ3n) is 1.03. The molecule has 9 heavy (non-hydrogen) atoms. The zero-order valence-electron chi connectivity index (χ0n) is 5.37. The van der Waals surface area contributed by atoms with E-state index in [1.165, 1.54) is 0 Å². The SMILES string of the molecule is CC(C[CH]O)CC(=O)O. The minimum absolute atomic E-state index is 0.0347. The Kier molecular flexibility index (Phi) is 4.05. The van der Waals surface area contributed by atoms with Crippen LogP contribution in [-0.2, 0) is 4.79 Å². The van der Waals surface area contributed by atoms with Crippen LogP contribution in [0.3, 0.4) is 0 Å². The van der Waals surface area contributed by atoms with Crippen molar-refractivity contribution in [3.8, 4) is 0 Å². The molecule has 0 aromatic heterocycles. The van der Waals surface area contributed by atoms with Gasteiger partial charge in [-0.15, -0.1) is 0 Å². The molecule has 0 rings (SSSR count). The van der Waals surface area contributed by atoms with E-state index in [1.807, 2.05) is 0 Å². The van der Waals surface area contributed by atoms with E-state index in [0.29, 0.717) is 6.42 Å². The zero-order chi connectivity index (χ0) is 7.28. The third kappa shape index (κ3) is 5.30. The molecule has 2 N–H and O–H groups in total. The molecule has 0 aliphatic heterocycles. The van der Waals surface area contributed by atoms with Gasteiger partial charge in [-0.25, -0.2) is 0 Å². The highest BCUT2D eigenvalue weighted by molar-refractivity contribution is 5.66. The number of rotatable bonds is 4. The standard InChI is InChI=1S/C6H11O3/c1-5(2-3-7)4-6(8)9/h3,5,7H,2,4H2,1H3,(H,8,9). The van der Waals surface area contributed by atoms with E-state index in [9.17, 15) is 4.79 Å². The molecule has 1 unspecified atom stereocenters. The molecule has 0 spiro atoms. The molecule has 53 valence electrons. The van der Waals surface area contributed by atoms with Crippen molar-refractivity contribution in [1.82, 2.24) is 0 Å². The van der Waals surface area contributed by atoms with Gasteiger partial charge in [0, 0.05) is 6.42 Å². The van der Waals surface area contributed by atoms with Crippen LogP contribution in [-0.4, -0.2) is 16.2 Å². The van der Waals surface area contributed by atoms with Gasteiger partial charge in [0.25, 0.3) is 0 Å². The maximum atomic E-state index is 9.99. The lowest BCUT2D eigenvalue weighted by Gasteiger charge is -2.02. The lowest BCUT2D eigenvalue weighted by atomic mass is 10.1. The minimum atomic E-state index is -0.815. The lowest BCUT2D eigenvalue weighted by molar-refractivity contribution is -0.137. The summed E-state index contributed by atoms with van der Waals surface area (Å²) in [5.74, 6) is -0.781. The van der Waals surface area contributed by atoms with Gasteiger partial charge in [-0.1, -0.05) is 6.92 Å². The fourth-order valence-electron chi connectivity index (χ4n) is 0.561. The third-order valence-corrected chi connectivity index (χ3v) is 1.03.